The largest absolute Gasteiger partial charge is 0.491 e. The highest BCUT2D eigenvalue weighted by atomic mass is 35.5. The summed E-state index contributed by atoms with van der Waals surface area (Å²) in [5.41, 5.74) is 3.35. The van der Waals surface area contributed by atoms with Crippen molar-refractivity contribution >= 4 is 11.6 Å². The average Bonchev–Trinajstić information content (AvgIpc) is 2.25. The van der Waals surface area contributed by atoms with Gasteiger partial charge in [0.25, 0.3) is 0 Å². The normalized spacial score (nSPS) is 11.0. The molecule has 0 amide bonds. The van der Waals surface area contributed by atoms with E-state index in [4.69, 9.17) is 16.3 Å². The van der Waals surface area contributed by atoms with Crippen LogP contribution in [-0.2, 0) is 6.54 Å². The van der Waals surface area contributed by atoms with Crippen molar-refractivity contribution in [2.75, 3.05) is 6.54 Å². The van der Waals surface area contributed by atoms with Crippen LogP contribution in [0.4, 0.5) is 0 Å². The van der Waals surface area contributed by atoms with Gasteiger partial charge in [0, 0.05) is 17.1 Å². The van der Waals surface area contributed by atoms with Crippen LogP contribution in [0.5, 0.6) is 5.75 Å². The maximum absolute atomic E-state index is 6.29. The third kappa shape index (κ3) is 3.62. The van der Waals surface area contributed by atoms with E-state index in [-0.39, 0.29) is 6.10 Å². The van der Waals surface area contributed by atoms with Gasteiger partial charge in [-0.2, -0.15) is 0 Å². The Hall–Kier alpha value is -0.730. The Bertz CT molecular complexity index is 388. The molecule has 96 valence electrons. The second-order valence-corrected chi connectivity index (χ2v) is 4.93. The van der Waals surface area contributed by atoms with Crippen molar-refractivity contribution in [1.82, 2.24) is 5.32 Å². The second-order valence-electron chi connectivity index (χ2n) is 4.56. The van der Waals surface area contributed by atoms with Gasteiger partial charge in [0.05, 0.1) is 6.10 Å². The third-order valence-electron chi connectivity index (χ3n) is 2.69. The first kappa shape index (κ1) is 14.3. The van der Waals surface area contributed by atoms with Gasteiger partial charge in [-0.25, -0.2) is 0 Å². The summed E-state index contributed by atoms with van der Waals surface area (Å²) in [6.07, 6.45) is 0.176. The van der Waals surface area contributed by atoms with Crippen molar-refractivity contribution < 1.29 is 4.74 Å². The Morgan fingerprint density at radius 3 is 2.53 bits per heavy atom. The van der Waals surface area contributed by atoms with E-state index in [1.165, 1.54) is 0 Å². The van der Waals surface area contributed by atoms with Crippen LogP contribution in [-0.4, -0.2) is 12.6 Å². The van der Waals surface area contributed by atoms with Gasteiger partial charge in [0.1, 0.15) is 5.75 Å². The predicted molar refractivity (Wildman–Crippen MR) is 74.1 cm³/mol. The molecular formula is C14H22ClNO. The molecule has 0 unspecified atom stereocenters. The molecule has 17 heavy (non-hydrogen) atoms. The standard InChI is InChI=1S/C14H22ClNO/c1-6-16-8-12-11(5)14(15)10(4)7-13(12)17-9(2)3/h7,9,16H,6,8H2,1-5H3. The molecule has 0 aromatic heterocycles. The number of hydrogen-bond acceptors (Lipinski definition) is 2. The van der Waals surface area contributed by atoms with Crippen LogP contribution in [0, 0.1) is 13.8 Å². The molecule has 0 fully saturated rings. The minimum Gasteiger partial charge on any atom is -0.491 e. The minimum atomic E-state index is 0.176. The van der Waals surface area contributed by atoms with Crippen LogP contribution in [0.3, 0.4) is 0 Å². The van der Waals surface area contributed by atoms with Crippen LogP contribution in [0.1, 0.15) is 37.5 Å². The summed E-state index contributed by atoms with van der Waals surface area (Å²) in [6.45, 7) is 12.0. The molecule has 0 radical (unpaired) electrons. The molecule has 1 aromatic rings. The van der Waals surface area contributed by atoms with Crippen molar-refractivity contribution in [3.63, 3.8) is 0 Å². The van der Waals surface area contributed by atoms with E-state index in [1.807, 2.05) is 26.8 Å². The Kier molecular flexibility index (Phi) is 5.29. The fraction of sp³-hybridized carbons (Fsp3) is 0.571. The van der Waals surface area contributed by atoms with Crippen LogP contribution >= 0.6 is 11.6 Å². The molecule has 0 atom stereocenters. The maximum atomic E-state index is 6.29. The zero-order chi connectivity index (χ0) is 13.0. The summed E-state index contributed by atoms with van der Waals surface area (Å²) in [5.74, 6) is 0.945. The number of benzene rings is 1. The molecule has 0 saturated heterocycles. The molecule has 0 aliphatic rings. The van der Waals surface area contributed by atoms with Crippen LogP contribution in [0.2, 0.25) is 5.02 Å². The van der Waals surface area contributed by atoms with Crippen molar-refractivity contribution in [1.29, 1.82) is 0 Å². The minimum absolute atomic E-state index is 0.176. The summed E-state index contributed by atoms with van der Waals surface area (Å²) < 4.78 is 5.86. The van der Waals surface area contributed by atoms with Gasteiger partial charge in [-0.05, 0) is 51.4 Å². The van der Waals surface area contributed by atoms with E-state index >= 15 is 0 Å². The SMILES string of the molecule is CCNCc1c(OC(C)C)cc(C)c(Cl)c1C. The molecule has 3 heteroatoms. The zero-order valence-corrected chi connectivity index (χ0v) is 12.1. The van der Waals surface area contributed by atoms with Gasteiger partial charge >= 0.3 is 0 Å². The van der Waals surface area contributed by atoms with E-state index in [0.717, 1.165) is 40.6 Å². The van der Waals surface area contributed by atoms with E-state index in [1.54, 1.807) is 0 Å². The highest BCUT2D eigenvalue weighted by Crippen LogP contribution is 2.32. The van der Waals surface area contributed by atoms with E-state index in [9.17, 15) is 0 Å². The molecular weight excluding hydrogens is 234 g/mol. The van der Waals surface area contributed by atoms with Gasteiger partial charge < -0.3 is 10.1 Å². The second kappa shape index (κ2) is 6.27. The molecule has 1 rings (SSSR count). The summed E-state index contributed by atoms with van der Waals surface area (Å²) in [7, 11) is 0. The molecule has 0 heterocycles. The molecule has 0 aliphatic carbocycles. The van der Waals surface area contributed by atoms with Crippen LogP contribution in [0.25, 0.3) is 0 Å². The van der Waals surface area contributed by atoms with Crippen LogP contribution in [0.15, 0.2) is 6.07 Å². The highest BCUT2D eigenvalue weighted by Gasteiger charge is 2.13. The summed E-state index contributed by atoms with van der Waals surface area (Å²) in [5, 5.41) is 4.17. The van der Waals surface area contributed by atoms with Crippen molar-refractivity contribution in [2.45, 2.75) is 47.3 Å². The number of hydrogen-bond donors (Lipinski definition) is 1. The first-order valence-electron chi connectivity index (χ1n) is 6.13. The molecule has 1 N–H and O–H groups in total. The Labute approximate surface area is 109 Å². The quantitative estimate of drug-likeness (QED) is 0.863. The fourth-order valence-electron chi connectivity index (χ4n) is 1.79. The zero-order valence-electron chi connectivity index (χ0n) is 11.4. The molecule has 0 bridgehead atoms. The lowest BCUT2D eigenvalue weighted by Crippen LogP contribution is -2.16. The maximum Gasteiger partial charge on any atom is 0.124 e. The van der Waals surface area contributed by atoms with Gasteiger partial charge in [-0.3, -0.25) is 0 Å². The molecule has 2 nitrogen and oxygen atoms in total. The van der Waals surface area contributed by atoms with E-state index in [0.29, 0.717) is 0 Å². The van der Waals surface area contributed by atoms with Crippen molar-refractivity contribution in [3.8, 4) is 5.75 Å². The van der Waals surface area contributed by atoms with Gasteiger partial charge in [0.2, 0.25) is 0 Å². The third-order valence-corrected chi connectivity index (χ3v) is 3.27. The lowest BCUT2D eigenvalue weighted by Gasteiger charge is -2.19. The van der Waals surface area contributed by atoms with E-state index in [2.05, 4.69) is 19.2 Å². The smallest absolute Gasteiger partial charge is 0.124 e. The number of nitrogens with one attached hydrogen (secondary N) is 1. The molecule has 0 aliphatic heterocycles. The molecule has 0 saturated carbocycles. The van der Waals surface area contributed by atoms with Gasteiger partial charge in [-0.15, -0.1) is 0 Å². The van der Waals surface area contributed by atoms with Crippen LogP contribution < -0.4 is 10.1 Å². The lowest BCUT2D eigenvalue weighted by molar-refractivity contribution is 0.239. The van der Waals surface area contributed by atoms with E-state index < -0.39 is 0 Å². The first-order valence-corrected chi connectivity index (χ1v) is 6.51. The first-order chi connectivity index (χ1) is 7.97. The van der Waals surface area contributed by atoms with Gasteiger partial charge in [0.15, 0.2) is 0 Å². The Morgan fingerprint density at radius 2 is 2.00 bits per heavy atom. The summed E-state index contributed by atoms with van der Waals surface area (Å²) >= 11 is 6.29. The molecule has 0 spiro atoms. The Balaban J connectivity index is 3.15. The Morgan fingerprint density at radius 1 is 1.35 bits per heavy atom. The average molecular weight is 256 g/mol. The fourth-order valence-corrected chi connectivity index (χ4v) is 1.96. The number of rotatable bonds is 5. The highest BCUT2D eigenvalue weighted by molar-refractivity contribution is 6.32. The van der Waals surface area contributed by atoms with Crippen molar-refractivity contribution in [2.24, 2.45) is 0 Å². The van der Waals surface area contributed by atoms with Gasteiger partial charge in [-0.1, -0.05) is 18.5 Å². The topological polar surface area (TPSA) is 21.3 Å². The summed E-state index contributed by atoms with van der Waals surface area (Å²) in [4.78, 5) is 0. The number of aryl methyl sites for hydroxylation is 1. The summed E-state index contributed by atoms with van der Waals surface area (Å²) in [6, 6.07) is 2.03. The predicted octanol–water partition coefficient (Wildman–Crippen LogP) is 3.85. The lowest BCUT2D eigenvalue weighted by atomic mass is 10.0. The number of halogens is 1. The monoisotopic (exact) mass is 255 g/mol. The number of ether oxygens (including phenoxy) is 1. The van der Waals surface area contributed by atoms with Crippen molar-refractivity contribution in [3.05, 3.63) is 27.8 Å². The molecule has 1 aromatic carbocycles.